The molecule has 21 heavy (non-hydrogen) atoms. The second-order valence-corrected chi connectivity index (χ2v) is 5.66. The zero-order valence-electron chi connectivity index (χ0n) is 12.3. The number of carbonyl (C=O) groups excluding carboxylic acids is 1. The number of piperidine rings is 1. The molecule has 5 heteroatoms. The molecule has 0 bridgehead atoms. The molecule has 3 rings (SSSR count). The molecule has 1 fully saturated rings. The monoisotopic (exact) mass is 308 g/mol. The van der Waals surface area contributed by atoms with Gasteiger partial charge in [0.1, 0.15) is 5.58 Å². The molecule has 0 spiro atoms. The number of fused-ring (bicyclic) bond motifs is 1. The standard InChI is InChI=1S/C16H20N2O2.ClH/c1-10-7-8-17-11(2)15(10)18-16(19)14-9-12-5-3-4-6-13(12)20-14;/h3-6,9-11,15,17H,7-8H2,1-2H3,(H,18,19);1H. The number of benzene rings is 1. The summed E-state index contributed by atoms with van der Waals surface area (Å²) in [5.41, 5.74) is 0.750. The number of carbonyl (C=O) groups is 1. The van der Waals surface area contributed by atoms with Crippen LogP contribution in [0.5, 0.6) is 0 Å². The van der Waals surface area contributed by atoms with Gasteiger partial charge in [0, 0.05) is 17.5 Å². The number of halogens is 1. The third-order valence-electron chi connectivity index (χ3n) is 4.16. The highest BCUT2D eigenvalue weighted by Gasteiger charge is 2.29. The fourth-order valence-electron chi connectivity index (χ4n) is 2.92. The van der Waals surface area contributed by atoms with Crippen LogP contribution < -0.4 is 10.6 Å². The van der Waals surface area contributed by atoms with Crippen LogP contribution in [0, 0.1) is 5.92 Å². The molecule has 4 nitrogen and oxygen atoms in total. The van der Waals surface area contributed by atoms with Gasteiger partial charge in [0.05, 0.1) is 0 Å². The summed E-state index contributed by atoms with van der Waals surface area (Å²) in [6, 6.07) is 9.90. The van der Waals surface area contributed by atoms with Crippen molar-refractivity contribution in [1.82, 2.24) is 10.6 Å². The molecule has 1 aromatic carbocycles. The number of para-hydroxylation sites is 1. The van der Waals surface area contributed by atoms with Crippen LogP contribution in [0.1, 0.15) is 30.8 Å². The fourth-order valence-corrected chi connectivity index (χ4v) is 2.92. The normalized spacial score (nSPS) is 25.3. The lowest BCUT2D eigenvalue weighted by Gasteiger charge is -2.35. The molecule has 1 aliphatic heterocycles. The van der Waals surface area contributed by atoms with Gasteiger partial charge in [0.25, 0.3) is 5.91 Å². The number of rotatable bonds is 2. The number of amides is 1. The summed E-state index contributed by atoms with van der Waals surface area (Å²) in [6.07, 6.45) is 1.08. The largest absolute Gasteiger partial charge is 0.451 e. The van der Waals surface area contributed by atoms with Crippen LogP contribution in [0.4, 0.5) is 0 Å². The van der Waals surface area contributed by atoms with Gasteiger partial charge in [0.2, 0.25) is 0 Å². The van der Waals surface area contributed by atoms with Crippen molar-refractivity contribution in [3.05, 3.63) is 36.1 Å². The predicted octanol–water partition coefficient (Wildman–Crippen LogP) is 2.97. The maximum atomic E-state index is 12.3. The van der Waals surface area contributed by atoms with Crippen molar-refractivity contribution in [2.45, 2.75) is 32.4 Å². The van der Waals surface area contributed by atoms with Gasteiger partial charge in [-0.05, 0) is 37.9 Å². The zero-order chi connectivity index (χ0) is 14.1. The first-order valence-corrected chi connectivity index (χ1v) is 7.18. The van der Waals surface area contributed by atoms with Crippen LogP contribution in [-0.4, -0.2) is 24.5 Å². The summed E-state index contributed by atoms with van der Waals surface area (Å²) >= 11 is 0. The Morgan fingerprint density at radius 3 is 2.81 bits per heavy atom. The Morgan fingerprint density at radius 2 is 2.10 bits per heavy atom. The Morgan fingerprint density at radius 1 is 1.33 bits per heavy atom. The van der Waals surface area contributed by atoms with Crippen molar-refractivity contribution < 1.29 is 9.21 Å². The molecule has 0 aliphatic carbocycles. The lowest BCUT2D eigenvalue weighted by Crippen LogP contribution is -2.55. The van der Waals surface area contributed by atoms with E-state index in [4.69, 9.17) is 4.42 Å². The maximum absolute atomic E-state index is 12.3. The van der Waals surface area contributed by atoms with Gasteiger partial charge in [0.15, 0.2) is 5.76 Å². The molecule has 114 valence electrons. The lowest BCUT2D eigenvalue weighted by molar-refractivity contribution is 0.0871. The van der Waals surface area contributed by atoms with Crippen LogP contribution in [0.25, 0.3) is 11.0 Å². The number of hydrogen-bond acceptors (Lipinski definition) is 3. The third-order valence-corrected chi connectivity index (χ3v) is 4.16. The summed E-state index contributed by atoms with van der Waals surface area (Å²) in [6.45, 7) is 5.31. The first-order chi connectivity index (χ1) is 9.65. The Kier molecular flexibility index (Phi) is 4.91. The molecule has 1 aliphatic rings. The molecule has 1 saturated heterocycles. The molecule has 2 aromatic rings. The Balaban J connectivity index is 0.00000161. The van der Waals surface area contributed by atoms with Crippen LogP contribution >= 0.6 is 12.4 Å². The summed E-state index contributed by atoms with van der Waals surface area (Å²) in [4.78, 5) is 12.3. The second-order valence-electron chi connectivity index (χ2n) is 5.66. The van der Waals surface area contributed by atoms with Crippen molar-refractivity contribution >= 4 is 29.3 Å². The van der Waals surface area contributed by atoms with Crippen molar-refractivity contribution in [1.29, 1.82) is 0 Å². The Hall–Kier alpha value is -1.52. The first-order valence-electron chi connectivity index (χ1n) is 7.18. The van der Waals surface area contributed by atoms with Gasteiger partial charge in [-0.1, -0.05) is 25.1 Å². The minimum atomic E-state index is -0.131. The van der Waals surface area contributed by atoms with E-state index in [-0.39, 0.29) is 30.4 Å². The second kappa shape index (κ2) is 6.50. The minimum absolute atomic E-state index is 0. The number of hydrogen-bond donors (Lipinski definition) is 2. The van der Waals surface area contributed by atoms with Crippen LogP contribution in [0.2, 0.25) is 0 Å². The number of nitrogens with one attached hydrogen (secondary N) is 2. The van der Waals surface area contributed by atoms with E-state index in [1.807, 2.05) is 24.3 Å². The van der Waals surface area contributed by atoms with Gasteiger partial charge < -0.3 is 15.1 Å². The highest BCUT2D eigenvalue weighted by atomic mass is 35.5. The van der Waals surface area contributed by atoms with E-state index in [0.29, 0.717) is 11.7 Å². The zero-order valence-corrected chi connectivity index (χ0v) is 13.1. The van der Waals surface area contributed by atoms with Gasteiger partial charge >= 0.3 is 0 Å². The SMILES string of the molecule is CC1CCNC(C)C1NC(=O)c1cc2ccccc2o1.Cl. The molecule has 0 radical (unpaired) electrons. The molecule has 1 amide bonds. The fraction of sp³-hybridized carbons (Fsp3) is 0.438. The van der Waals surface area contributed by atoms with Crippen molar-refractivity contribution in [2.75, 3.05) is 6.54 Å². The minimum Gasteiger partial charge on any atom is -0.451 e. The highest BCUT2D eigenvalue weighted by Crippen LogP contribution is 2.20. The topological polar surface area (TPSA) is 54.3 Å². The molecule has 3 unspecified atom stereocenters. The quantitative estimate of drug-likeness (QED) is 0.897. The van der Waals surface area contributed by atoms with Gasteiger partial charge in [-0.25, -0.2) is 0 Å². The molecule has 2 N–H and O–H groups in total. The summed E-state index contributed by atoms with van der Waals surface area (Å²) < 4.78 is 5.61. The molecular weight excluding hydrogens is 288 g/mol. The average molecular weight is 309 g/mol. The third kappa shape index (κ3) is 3.22. The van der Waals surface area contributed by atoms with Gasteiger partial charge in [-0.3, -0.25) is 4.79 Å². The van der Waals surface area contributed by atoms with E-state index >= 15 is 0 Å². The molecular formula is C16H21ClN2O2. The number of furan rings is 1. The van der Waals surface area contributed by atoms with Gasteiger partial charge in [-0.2, -0.15) is 0 Å². The summed E-state index contributed by atoms with van der Waals surface area (Å²) in [5, 5.41) is 7.46. The van der Waals surface area contributed by atoms with E-state index in [1.165, 1.54) is 0 Å². The van der Waals surface area contributed by atoms with Crippen molar-refractivity contribution in [3.63, 3.8) is 0 Å². The molecule has 1 aromatic heterocycles. The van der Waals surface area contributed by atoms with E-state index < -0.39 is 0 Å². The Bertz CT molecular complexity index is 583. The highest BCUT2D eigenvalue weighted by molar-refractivity contribution is 5.96. The molecule has 0 saturated carbocycles. The summed E-state index contributed by atoms with van der Waals surface area (Å²) in [5.74, 6) is 0.726. The first kappa shape index (κ1) is 15.9. The Labute approximate surface area is 130 Å². The molecule has 3 atom stereocenters. The average Bonchev–Trinajstić information content (AvgIpc) is 2.87. The van der Waals surface area contributed by atoms with E-state index in [0.717, 1.165) is 23.9 Å². The molecule has 2 heterocycles. The van der Waals surface area contributed by atoms with Crippen molar-refractivity contribution in [3.8, 4) is 0 Å². The van der Waals surface area contributed by atoms with E-state index in [1.54, 1.807) is 6.07 Å². The predicted molar refractivity (Wildman–Crippen MR) is 86.0 cm³/mol. The van der Waals surface area contributed by atoms with Gasteiger partial charge in [-0.15, -0.1) is 12.4 Å². The van der Waals surface area contributed by atoms with Crippen LogP contribution in [0.3, 0.4) is 0 Å². The smallest absolute Gasteiger partial charge is 0.287 e. The van der Waals surface area contributed by atoms with E-state index in [2.05, 4.69) is 24.5 Å². The van der Waals surface area contributed by atoms with Crippen molar-refractivity contribution in [2.24, 2.45) is 5.92 Å². The lowest BCUT2D eigenvalue weighted by atomic mass is 9.89. The van der Waals surface area contributed by atoms with Crippen LogP contribution in [-0.2, 0) is 0 Å². The van der Waals surface area contributed by atoms with Crippen LogP contribution in [0.15, 0.2) is 34.7 Å². The van der Waals surface area contributed by atoms with E-state index in [9.17, 15) is 4.79 Å². The summed E-state index contributed by atoms with van der Waals surface area (Å²) in [7, 11) is 0. The maximum Gasteiger partial charge on any atom is 0.287 e.